The van der Waals surface area contributed by atoms with E-state index in [-0.39, 0.29) is 24.3 Å². The van der Waals surface area contributed by atoms with Crippen LogP contribution in [0.5, 0.6) is 0 Å². The Hall–Kier alpha value is -0.410. The molecule has 1 rings (SSSR count). The number of rotatable bonds is 2. The third-order valence-electron chi connectivity index (χ3n) is 2.77. The van der Waals surface area contributed by atoms with Gasteiger partial charge in [0, 0.05) is 18.5 Å². The van der Waals surface area contributed by atoms with Crippen molar-refractivity contribution in [2.45, 2.75) is 25.8 Å². The number of Topliss-reactive ketones (excluding diaryl/α,β-unsaturated/α-hetero) is 1. The lowest BCUT2D eigenvalue weighted by atomic mass is 9.91. The largest absolute Gasteiger partial charge is 0.395 e. The van der Waals surface area contributed by atoms with E-state index in [1.807, 2.05) is 7.05 Å². The van der Waals surface area contributed by atoms with Gasteiger partial charge >= 0.3 is 0 Å². The predicted molar refractivity (Wildman–Crippen MR) is 46.9 cm³/mol. The molecule has 3 heteroatoms. The molecule has 1 aliphatic heterocycles. The molecule has 0 amide bonds. The second-order valence-electron chi connectivity index (χ2n) is 3.66. The van der Waals surface area contributed by atoms with E-state index < -0.39 is 0 Å². The molecule has 0 bridgehead atoms. The Morgan fingerprint density at radius 2 is 2.25 bits per heavy atom. The first-order chi connectivity index (χ1) is 5.65. The molecule has 0 spiro atoms. The summed E-state index contributed by atoms with van der Waals surface area (Å²) < 4.78 is 0. The highest BCUT2D eigenvalue weighted by Gasteiger charge is 2.27. The molecule has 70 valence electrons. The molecule has 0 aromatic rings. The Morgan fingerprint density at radius 1 is 1.58 bits per heavy atom. The number of carbonyl (C=O) groups excluding carboxylic acids is 1. The normalized spacial score (nSPS) is 31.9. The van der Waals surface area contributed by atoms with E-state index in [1.54, 1.807) is 6.92 Å². The van der Waals surface area contributed by atoms with Gasteiger partial charge in [0.15, 0.2) is 0 Å². The summed E-state index contributed by atoms with van der Waals surface area (Å²) in [6.45, 7) is 2.67. The van der Waals surface area contributed by atoms with E-state index >= 15 is 0 Å². The van der Waals surface area contributed by atoms with Gasteiger partial charge in [0.05, 0.1) is 6.61 Å². The number of hydrogen-bond donors (Lipinski definition) is 1. The first kappa shape index (κ1) is 9.68. The maximum absolute atomic E-state index is 11.1. The van der Waals surface area contributed by atoms with Gasteiger partial charge in [-0.3, -0.25) is 4.79 Å². The molecule has 0 aromatic heterocycles. The van der Waals surface area contributed by atoms with Gasteiger partial charge in [-0.1, -0.05) is 0 Å². The first-order valence-corrected chi connectivity index (χ1v) is 4.46. The second-order valence-corrected chi connectivity index (χ2v) is 3.66. The molecule has 3 nitrogen and oxygen atoms in total. The fraction of sp³-hybridized carbons (Fsp3) is 0.889. The lowest BCUT2D eigenvalue weighted by Gasteiger charge is -2.35. The van der Waals surface area contributed by atoms with Crippen LogP contribution in [0.25, 0.3) is 0 Å². The Labute approximate surface area is 73.4 Å². The maximum Gasteiger partial charge on any atom is 0.134 e. The number of ketones is 1. The number of aliphatic hydroxyl groups is 1. The lowest BCUT2D eigenvalue weighted by molar-refractivity contribution is -0.122. The number of piperidine rings is 1. The summed E-state index contributed by atoms with van der Waals surface area (Å²) in [4.78, 5) is 13.1. The zero-order valence-electron chi connectivity index (χ0n) is 7.79. The van der Waals surface area contributed by atoms with E-state index in [9.17, 15) is 4.79 Å². The number of hydrogen-bond acceptors (Lipinski definition) is 3. The van der Waals surface area contributed by atoms with E-state index in [4.69, 9.17) is 5.11 Å². The summed E-state index contributed by atoms with van der Waals surface area (Å²) >= 11 is 0. The topological polar surface area (TPSA) is 40.5 Å². The molecule has 0 aliphatic carbocycles. The zero-order chi connectivity index (χ0) is 9.14. The molecule has 2 atom stereocenters. The van der Waals surface area contributed by atoms with Crippen molar-refractivity contribution in [1.82, 2.24) is 4.90 Å². The van der Waals surface area contributed by atoms with Gasteiger partial charge in [0.2, 0.25) is 0 Å². The molecule has 2 unspecified atom stereocenters. The molecule has 1 heterocycles. The fourth-order valence-corrected chi connectivity index (χ4v) is 1.76. The van der Waals surface area contributed by atoms with E-state index in [2.05, 4.69) is 4.90 Å². The molecule has 12 heavy (non-hydrogen) atoms. The van der Waals surface area contributed by atoms with Crippen molar-refractivity contribution >= 4 is 5.78 Å². The molecule has 0 aromatic carbocycles. The average Bonchev–Trinajstić information content (AvgIpc) is 2.04. The molecular weight excluding hydrogens is 154 g/mol. The van der Waals surface area contributed by atoms with Gasteiger partial charge in [0.1, 0.15) is 5.78 Å². The Morgan fingerprint density at radius 3 is 2.67 bits per heavy atom. The average molecular weight is 171 g/mol. The Kier molecular flexibility index (Phi) is 3.23. The molecule has 0 saturated carbocycles. The summed E-state index contributed by atoms with van der Waals surface area (Å²) in [5.41, 5.74) is 0. The van der Waals surface area contributed by atoms with Crippen molar-refractivity contribution in [2.24, 2.45) is 5.92 Å². The smallest absolute Gasteiger partial charge is 0.134 e. The summed E-state index contributed by atoms with van der Waals surface area (Å²) in [5, 5.41) is 8.96. The lowest BCUT2D eigenvalue weighted by Crippen LogP contribution is -2.44. The molecule has 1 fully saturated rings. The number of likely N-dealkylation sites (N-methyl/N-ethyl adjacent to an activating group) is 1. The van der Waals surface area contributed by atoms with Crippen molar-refractivity contribution in [1.29, 1.82) is 0 Å². The monoisotopic (exact) mass is 171 g/mol. The van der Waals surface area contributed by atoms with E-state index in [0.29, 0.717) is 0 Å². The standard InChI is InChI=1S/C9H17NO2/c1-7(12)8-3-4-9(6-11)10(2)5-8/h8-9,11H,3-6H2,1-2H3. The summed E-state index contributed by atoms with van der Waals surface area (Å²) in [7, 11) is 1.97. The number of aliphatic hydroxyl groups excluding tert-OH is 1. The third-order valence-corrected chi connectivity index (χ3v) is 2.77. The van der Waals surface area contributed by atoms with Crippen LogP contribution >= 0.6 is 0 Å². The Bertz CT molecular complexity index is 170. The summed E-state index contributed by atoms with van der Waals surface area (Å²) in [5.74, 6) is 0.469. The van der Waals surface area contributed by atoms with Crippen molar-refractivity contribution < 1.29 is 9.90 Å². The van der Waals surface area contributed by atoms with Crippen LogP contribution in [0.15, 0.2) is 0 Å². The number of likely N-dealkylation sites (tertiary alicyclic amines) is 1. The van der Waals surface area contributed by atoms with Crippen molar-refractivity contribution in [3.8, 4) is 0 Å². The van der Waals surface area contributed by atoms with Gasteiger partial charge < -0.3 is 10.0 Å². The minimum absolute atomic E-state index is 0.192. The van der Waals surface area contributed by atoms with Gasteiger partial charge in [-0.05, 0) is 26.8 Å². The maximum atomic E-state index is 11.1. The Balaban J connectivity index is 2.46. The summed E-state index contributed by atoms with van der Waals surface area (Å²) in [6.07, 6.45) is 1.88. The minimum atomic E-state index is 0.192. The summed E-state index contributed by atoms with van der Waals surface area (Å²) in [6, 6.07) is 0.264. The van der Waals surface area contributed by atoms with Crippen LogP contribution in [0.2, 0.25) is 0 Å². The van der Waals surface area contributed by atoms with Gasteiger partial charge in [-0.25, -0.2) is 0 Å². The zero-order valence-corrected chi connectivity index (χ0v) is 7.79. The van der Waals surface area contributed by atoms with E-state index in [1.165, 1.54) is 0 Å². The molecule has 1 N–H and O–H groups in total. The molecule has 0 radical (unpaired) electrons. The highest BCUT2D eigenvalue weighted by molar-refractivity contribution is 5.78. The van der Waals surface area contributed by atoms with Crippen LogP contribution in [-0.4, -0.2) is 42.0 Å². The van der Waals surface area contributed by atoms with Gasteiger partial charge in [0.25, 0.3) is 0 Å². The van der Waals surface area contributed by atoms with Crippen LogP contribution in [0.1, 0.15) is 19.8 Å². The van der Waals surface area contributed by atoms with Crippen LogP contribution < -0.4 is 0 Å². The quantitative estimate of drug-likeness (QED) is 0.648. The van der Waals surface area contributed by atoms with Crippen LogP contribution in [0.3, 0.4) is 0 Å². The van der Waals surface area contributed by atoms with Gasteiger partial charge in [-0.2, -0.15) is 0 Å². The first-order valence-electron chi connectivity index (χ1n) is 4.46. The van der Waals surface area contributed by atoms with Crippen LogP contribution in [0, 0.1) is 5.92 Å². The van der Waals surface area contributed by atoms with Crippen molar-refractivity contribution in [2.75, 3.05) is 20.2 Å². The molecular formula is C9H17NO2. The second kappa shape index (κ2) is 4.01. The van der Waals surface area contributed by atoms with Crippen molar-refractivity contribution in [3.05, 3.63) is 0 Å². The van der Waals surface area contributed by atoms with E-state index in [0.717, 1.165) is 19.4 Å². The highest BCUT2D eigenvalue weighted by Crippen LogP contribution is 2.20. The predicted octanol–water partition coefficient (Wildman–Crippen LogP) is 0.278. The fourth-order valence-electron chi connectivity index (χ4n) is 1.76. The van der Waals surface area contributed by atoms with Crippen LogP contribution in [0.4, 0.5) is 0 Å². The molecule has 1 saturated heterocycles. The van der Waals surface area contributed by atoms with Gasteiger partial charge in [-0.15, -0.1) is 0 Å². The SMILES string of the molecule is CC(=O)C1CCC(CO)N(C)C1. The van der Waals surface area contributed by atoms with Crippen LogP contribution in [-0.2, 0) is 4.79 Å². The number of nitrogens with zero attached hydrogens (tertiary/aromatic N) is 1. The number of carbonyl (C=O) groups is 1. The third kappa shape index (κ3) is 2.05. The minimum Gasteiger partial charge on any atom is -0.395 e. The van der Waals surface area contributed by atoms with Crippen molar-refractivity contribution in [3.63, 3.8) is 0 Å². The molecule has 1 aliphatic rings. The highest BCUT2D eigenvalue weighted by atomic mass is 16.3.